The highest BCUT2D eigenvalue weighted by Gasteiger charge is 2.43. The van der Waals surface area contributed by atoms with Crippen LogP contribution in [0.2, 0.25) is 0 Å². The molecule has 2 aromatic rings. The van der Waals surface area contributed by atoms with E-state index in [1.807, 2.05) is 0 Å². The molecule has 2 aliphatic rings. The van der Waals surface area contributed by atoms with Crippen LogP contribution in [0.25, 0.3) is 0 Å². The number of halogens is 1. The fraction of sp³-hybridized carbons (Fsp3) is 0.520. The van der Waals surface area contributed by atoms with Crippen LogP contribution in [0.5, 0.6) is 0 Å². The molecule has 1 heteroatoms. The van der Waals surface area contributed by atoms with Crippen LogP contribution in [-0.4, -0.2) is 0 Å². The summed E-state index contributed by atoms with van der Waals surface area (Å²) in [5, 5.41) is 0. The summed E-state index contributed by atoms with van der Waals surface area (Å²) >= 11 is 2.77. The molecule has 3 atom stereocenters. The Morgan fingerprint density at radius 2 is 1.54 bits per heavy atom. The van der Waals surface area contributed by atoms with Crippen molar-refractivity contribution in [2.24, 2.45) is 5.92 Å². The third-order valence-electron chi connectivity index (χ3n) is 7.35. The fourth-order valence-corrected chi connectivity index (χ4v) is 6.72. The lowest BCUT2D eigenvalue weighted by Crippen LogP contribution is -2.35. The van der Waals surface area contributed by atoms with Gasteiger partial charge in [-0.15, -0.1) is 0 Å². The molecule has 3 unspecified atom stereocenters. The van der Waals surface area contributed by atoms with Crippen LogP contribution in [0.4, 0.5) is 0 Å². The fourth-order valence-electron chi connectivity index (χ4n) is 5.54. The monoisotopic (exact) mass is 458 g/mol. The Balaban J connectivity index is 1.66. The third kappa shape index (κ3) is 3.25. The summed E-state index contributed by atoms with van der Waals surface area (Å²) in [4.78, 5) is 0. The topological polar surface area (TPSA) is 0 Å². The second-order valence-electron chi connectivity index (χ2n) is 8.91. The lowest BCUT2D eigenvalue weighted by molar-refractivity contribution is 0.270. The van der Waals surface area contributed by atoms with Crippen LogP contribution in [0.15, 0.2) is 54.6 Å². The minimum absolute atomic E-state index is 0.259. The van der Waals surface area contributed by atoms with Crippen LogP contribution in [0.1, 0.15) is 81.4 Å². The minimum Gasteiger partial charge on any atom is -0.0733 e. The summed E-state index contributed by atoms with van der Waals surface area (Å²) in [5.74, 6) is 1.33. The van der Waals surface area contributed by atoms with Crippen LogP contribution >= 0.6 is 22.6 Å². The van der Waals surface area contributed by atoms with Gasteiger partial charge >= 0.3 is 0 Å². The number of benzene rings is 2. The van der Waals surface area contributed by atoms with Crippen molar-refractivity contribution in [3.05, 3.63) is 71.3 Å². The Hall–Kier alpha value is -0.830. The zero-order valence-electron chi connectivity index (χ0n) is 16.2. The first-order valence-electron chi connectivity index (χ1n) is 10.4. The smallest absolute Gasteiger partial charge is 0.0501 e. The summed E-state index contributed by atoms with van der Waals surface area (Å²) in [6.07, 6.45) is 9.46. The van der Waals surface area contributed by atoms with E-state index in [1.165, 1.54) is 50.5 Å². The van der Waals surface area contributed by atoms with Gasteiger partial charge in [0, 0.05) is 0 Å². The first-order chi connectivity index (χ1) is 12.5. The molecule has 4 rings (SSSR count). The Kier molecular flexibility index (Phi) is 5.20. The van der Waals surface area contributed by atoms with Crippen molar-refractivity contribution in [3.63, 3.8) is 0 Å². The van der Waals surface area contributed by atoms with Gasteiger partial charge in [0.25, 0.3) is 0 Å². The zero-order valence-corrected chi connectivity index (χ0v) is 18.3. The van der Waals surface area contributed by atoms with Crippen molar-refractivity contribution in [2.45, 2.75) is 73.5 Å². The van der Waals surface area contributed by atoms with Crippen molar-refractivity contribution in [3.8, 4) is 0 Å². The molecular formula is C25H31I. The van der Waals surface area contributed by atoms with Gasteiger partial charge in [0.1, 0.15) is 0 Å². The van der Waals surface area contributed by atoms with E-state index < -0.39 is 0 Å². The first kappa shape index (κ1) is 18.5. The summed E-state index contributed by atoms with van der Waals surface area (Å²) in [7, 11) is 0. The molecule has 0 radical (unpaired) electrons. The van der Waals surface area contributed by atoms with Gasteiger partial charge in [0.15, 0.2) is 0 Å². The Morgan fingerprint density at radius 1 is 0.846 bits per heavy atom. The summed E-state index contributed by atoms with van der Waals surface area (Å²) in [5.41, 5.74) is 5.09. The first-order valence-corrected chi connectivity index (χ1v) is 11.5. The van der Waals surface area contributed by atoms with Crippen molar-refractivity contribution in [1.82, 2.24) is 0 Å². The molecule has 0 aliphatic heterocycles. The quantitative estimate of drug-likeness (QED) is 0.326. The van der Waals surface area contributed by atoms with Crippen LogP contribution < -0.4 is 0 Å². The van der Waals surface area contributed by atoms with E-state index in [1.54, 1.807) is 11.1 Å². The standard InChI is InChI=1S/C25H31I/c1-19-23(14-9-17-25(19,26)21-11-4-3-5-12-21)20-10-8-13-22(18-20)24(2)15-6-7-16-24/h3-5,8,10-13,18-19,23H,6-7,9,14-17H2,1-2H3. The largest absolute Gasteiger partial charge is 0.0733 e. The van der Waals surface area contributed by atoms with Gasteiger partial charge in [-0.3, -0.25) is 0 Å². The number of alkyl halides is 1. The molecule has 2 fully saturated rings. The Morgan fingerprint density at radius 3 is 2.27 bits per heavy atom. The summed E-state index contributed by atoms with van der Waals surface area (Å²) in [6, 6.07) is 20.9. The predicted molar refractivity (Wildman–Crippen MR) is 120 cm³/mol. The SMILES string of the molecule is CC1C(c2cccc(C3(C)CCCC3)c2)CCCC1(I)c1ccccc1. The molecule has 138 valence electrons. The molecule has 0 saturated heterocycles. The van der Waals surface area contributed by atoms with Gasteiger partial charge < -0.3 is 0 Å². The second-order valence-corrected chi connectivity index (χ2v) is 10.8. The van der Waals surface area contributed by atoms with E-state index in [-0.39, 0.29) is 3.42 Å². The van der Waals surface area contributed by atoms with Gasteiger partial charge in [0.05, 0.1) is 3.42 Å². The molecule has 0 spiro atoms. The van der Waals surface area contributed by atoms with Gasteiger partial charge in [0.2, 0.25) is 0 Å². The van der Waals surface area contributed by atoms with Gasteiger partial charge in [-0.05, 0) is 59.6 Å². The normalized spacial score (nSPS) is 31.0. The van der Waals surface area contributed by atoms with Crippen LogP contribution in [0, 0.1) is 5.92 Å². The average molecular weight is 458 g/mol. The molecule has 0 amide bonds. The lowest BCUT2D eigenvalue weighted by Gasteiger charge is -2.44. The summed E-state index contributed by atoms with van der Waals surface area (Å²) < 4.78 is 0.259. The maximum Gasteiger partial charge on any atom is 0.0501 e. The molecule has 26 heavy (non-hydrogen) atoms. The molecule has 2 aliphatic carbocycles. The van der Waals surface area contributed by atoms with Crippen LogP contribution in [0.3, 0.4) is 0 Å². The molecule has 0 N–H and O–H groups in total. The molecule has 0 nitrogen and oxygen atoms in total. The minimum atomic E-state index is 0.259. The van der Waals surface area contributed by atoms with Crippen molar-refractivity contribution in [1.29, 1.82) is 0 Å². The van der Waals surface area contributed by atoms with E-state index >= 15 is 0 Å². The summed E-state index contributed by atoms with van der Waals surface area (Å²) in [6.45, 7) is 4.98. The number of hydrogen-bond donors (Lipinski definition) is 0. The van der Waals surface area contributed by atoms with Crippen molar-refractivity contribution < 1.29 is 0 Å². The van der Waals surface area contributed by atoms with Gasteiger partial charge in [-0.1, -0.05) is 110 Å². The Bertz CT molecular complexity index is 744. The van der Waals surface area contributed by atoms with E-state index in [9.17, 15) is 0 Å². The van der Waals surface area contributed by atoms with Crippen molar-refractivity contribution >= 4 is 22.6 Å². The third-order valence-corrected chi connectivity index (χ3v) is 9.50. The van der Waals surface area contributed by atoms with Crippen LogP contribution in [-0.2, 0) is 8.84 Å². The van der Waals surface area contributed by atoms with Gasteiger partial charge in [-0.2, -0.15) is 0 Å². The molecule has 0 bridgehead atoms. The number of hydrogen-bond acceptors (Lipinski definition) is 0. The highest BCUT2D eigenvalue weighted by atomic mass is 127. The number of rotatable bonds is 3. The molecule has 0 aromatic heterocycles. The van der Waals surface area contributed by atoms with Crippen molar-refractivity contribution in [2.75, 3.05) is 0 Å². The highest BCUT2D eigenvalue weighted by molar-refractivity contribution is 14.1. The molecular weight excluding hydrogens is 427 g/mol. The maximum absolute atomic E-state index is 2.77. The highest BCUT2D eigenvalue weighted by Crippen LogP contribution is 2.54. The second kappa shape index (κ2) is 7.30. The molecule has 0 heterocycles. The zero-order chi connectivity index (χ0) is 18.2. The van der Waals surface area contributed by atoms with E-state index in [0.29, 0.717) is 17.3 Å². The molecule has 2 aromatic carbocycles. The Labute approximate surface area is 172 Å². The average Bonchev–Trinajstić information content (AvgIpc) is 3.13. The van der Waals surface area contributed by atoms with Gasteiger partial charge in [-0.25, -0.2) is 0 Å². The lowest BCUT2D eigenvalue weighted by atomic mass is 9.67. The maximum atomic E-state index is 2.77. The van der Waals surface area contributed by atoms with E-state index in [0.717, 1.165) is 0 Å². The van der Waals surface area contributed by atoms with E-state index in [4.69, 9.17) is 0 Å². The molecule has 2 saturated carbocycles. The van der Waals surface area contributed by atoms with E-state index in [2.05, 4.69) is 91.0 Å². The predicted octanol–water partition coefficient (Wildman–Crippen LogP) is 7.75.